The van der Waals surface area contributed by atoms with Crippen molar-refractivity contribution < 1.29 is 4.79 Å². The fraction of sp³-hybridized carbons (Fsp3) is 0.412. The van der Waals surface area contributed by atoms with Crippen molar-refractivity contribution >= 4 is 34.8 Å². The molecule has 1 aromatic carbocycles. The molecular formula is C17H21Cl2N5O. The van der Waals surface area contributed by atoms with Gasteiger partial charge in [0.15, 0.2) is 0 Å². The average molecular weight is 382 g/mol. The van der Waals surface area contributed by atoms with Crippen LogP contribution >= 0.6 is 23.2 Å². The number of nitrogens with one attached hydrogen (secondary N) is 1. The molecule has 1 amide bonds. The maximum Gasteiger partial charge on any atom is 0.238 e. The number of rotatable bonds is 6. The van der Waals surface area contributed by atoms with Crippen molar-refractivity contribution in [2.45, 2.75) is 6.54 Å². The molecule has 2 heterocycles. The van der Waals surface area contributed by atoms with Crippen molar-refractivity contribution in [1.82, 2.24) is 19.4 Å². The van der Waals surface area contributed by atoms with Gasteiger partial charge in [0.2, 0.25) is 5.91 Å². The summed E-state index contributed by atoms with van der Waals surface area (Å²) >= 11 is 11.8. The second-order valence-corrected chi connectivity index (χ2v) is 6.91. The summed E-state index contributed by atoms with van der Waals surface area (Å²) in [5.74, 6) is -0.0368. The Bertz CT molecular complexity index is 699. The third-order valence-electron chi connectivity index (χ3n) is 4.27. The van der Waals surface area contributed by atoms with Gasteiger partial charge in [-0.05, 0) is 18.2 Å². The Kier molecular flexibility index (Phi) is 6.31. The molecule has 25 heavy (non-hydrogen) atoms. The number of anilines is 1. The zero-order valence-corrected chi connectivity index (χ0v) is 15.4. The summed E-state index contributed by atoms with van der Waals surface area (Å²) in [7, 11) is 0. The molecule has 3 rings (SSSR count). The number of hydrogen-bond donors (Lipinski definition) is 1. The number of hydrogen-bond acceptors (Lipinski definition) is 4. The molecule has 1 N–H and O–H groups in total. The Morgan fingerprint density at radius 1 is 1.08 bits per heavy atom. The van der Waals surface area contributed by atoms with Gasteiger partial charge in [-0.1, -0.05) is 23.2 Å². The number of imidazole rings is 1. The lowest BCUT2D eigenvalue weighted by molar-refractivity contribution is -0.117. The molecular weight excluding hydrogens is 361 g/mol. The number of carbonyl (C=O) groups is 1. The van der Waals surface area contributed by atoms with E-state index in [1.807, 2.05) is 12.5 Å². The summed E-state index contributed by atoms with van der Waals surface area (Å²) in [6.07, 6.45) is 5.61. The molecule has 8 heteroatoms. The zero-order chi connectivity index (χ0) is 17.6. The van der Waals surface area contributed by atoms with Crippen LogP contribution in [0.2, 0.25) is 10.0 Å². The predicted octanol–water partition coefficient (Wildman–Crippen LogP) is 2.45. The molecule has 0 saturated carbocycles. The van der Waals surface area contributed by atoms with Gasteiger partial charge in [0.1, 0.15) is 0 Å². The number of benzene rings is 1. The fourth-order valence-electron chi connectivity index (χ4n) is 2.82. The van der Waals surface area contributed by atoms with Gasteiger partial charge in [-0.2, -0.15) is 0 Å². The number of amides is 1. The van der Waals surface area contributed by atoms with Crippen LogP contribution in [0.1, 0.15) is 0 Å². The second kappa shape index (κ2) is 8.67. The first-order valence-corrected chi connectivity index (χ1v) is 9.01. The van der Waals surface area contributed by atoms with E-state index in [0.29, 0.717) is 22.3 Å². The van der Waals surface area contributed by atoms with Crippen molar-refractivity contribution in [2.75, 3.05) is 44.6 Å². The first-order valence-electron chi connectivity index (χ1n) is 8.25. The molecule has 0 radical (unpaired) electrons. The fourth-order valence-corrected chi connectivity index (χ4v) is 3.12. The first kappa shape index (κ1) is 18.2. The van der Waals surface area contributed by atoms with E-state index in [0.717, 1.165) is 39.3 Å². The van der Waals surface area contributed by atoms with Crippen LogP contribution in [0, 0.1) is 0 Å². The van der Waals surface area contributed by atoms with Gasteiger partial charge in [0.05, 0.1) is 22.9 Å². The molecule has 1 aromatic heterocycles. The van der Waals surface area contributed by atoms with Crippen LogP contribution in [-0.4, -0.2) is 64.5 Å². The Morgan fingerprint density at radius 2 is 1.84 bits per heavy atom. The Morgan fingerprint density at radius 3 is 2.52 bits per heavy atom. The van der Waals surface area contributed by atoms with Crippen LogP contribution in [-0.2, 0) is 11.3 Å². The minimum Gasteiger partial charge on any atom is -0.336 e. The molecule has 2 aromatic rings. The van der Waals surface area contributed by atoms with Crippen LogP contribution in [0.25, 0.3) is 0 Å². The monoisotopic (exact) mass is 381 g/mol. The highest BCUT2D eigenvalue weighted by Gasteiger charge is 2.18. The van der Waals surface area contributed by atoms with Crippen molar-refractivity contribution in [3.8, 4) is 0 Å². The van der Waals surface area contributed by atoms with Crippen molar-refractivity contribution in [2.24, 2.45) is 0 Å². The minimum absolute atomic E-state index is 0.0368. The summed E-state index contributed by atoms with van der Waals surface area (Å²) in [6.45, 7) is 6.04. The van der Waals surface area contributed by atoms with E-state index in [-0.39, 0.29) is 5.91 Å². The molecule has 134 valence electrons. The van der Waals surface area contributed by atoms with Crippen molar-refractivity contribution in [3.63, 3.8) is 0 Å². The van der Waals surface area contributed by atoms with E-state index >= 15 is 0 Å². The van der Waals surface area contributed by atoms with E-state index in [1.54, 1.807) is 24.4 Å². The predicted molar refractivity (Wildman–Crippen MR) is 100 cm³/mol. The summed E-state index contributed by atoms with van der Waals surface area (Å²) in [4.78, 5) is 20.8. The third kappa shape index (κ3) is 5.44. The third-order valence-corrected chi connectivity index (χ3v) is 5.01. The highest BCUT2D eigenvalue weighted by Crippen LogP contribution is 2.24. The summed E-state index contributed by atoms with van der Waals surface area (Å²) in [6, 6.07) is 5.09. The molecule has 0 spiro atoms. The van der Waals surface area contributed by atoms with Crippen LogP contribution in [0.4, 0.5) is 5.69 Å². The normalized spacial score (nSPS) is 16.1. The Hall–Kier alpha value is -1.60. The summed E-state index contributed by atoms with van der Waals surface area (Å²) in [5.41, 5.74) is 0.665. The zero-order valence-electron chi connectivity index (χ0n) is 13.9. The van der Waals surface area contributed by atoms with Crippen molar-refractivity contribution in [3.05, 3.63) is 47.0 Å². The first-order chi connectivity index (χ1) is 12.1. The summed E-state index contributed by atoms with van der Waals surface area (Å²) < 4.78 is 2.08. The van der Waals surface area contributed by atoms with Gasteiger partial charge in [-0.15, -0.1) is 0 Å². The molecule has 0 atom stereocenters. The van der Waals surface area contributed by atoms with E-state index in [2.05, 4.69) is 24.7 Å². The molecule has 1 aliphatic rings. The lowest BCUT2D eigenvalue weighted by atomic mass is 10.3. The largest absolute Gasteiger partial charge is 0.336 e. The maximum atomic E-state index is 12.2. The number of piperazine rings is 1. The van der Waals surface area contributed by atoms with E-state index in [1.165, 1.54) is 0 Å². The topological polar surface area (TPSA) is 53.4 Å². The number of nitrogens with zero attached hydrogens (tertiary/aromatic N) is 4. The Labute approximate surface area is 157 Å². The van der Waals surface area contributed by atoms with Crippen LogP contribution < -0.4 is 5.32 Å². The molecule has 1 saturated heterocycles. The van der Waals surface area contributed by atoms with Crippen molar-refractivity contribution in [1.29, 1.82) is 0 Å². The van der Waals surface area contributed by atoms with Gasteiger partial charge in [0, 0.05) is 57.3 Å². The number of carbonyl (C=O) groups excluding carboxylic acids is 1. The minimum atomic E-state index is -0.0368. The van der Waals surface area contributed by atoms with E-state index in [4.69, 9.17) is 23.2 Å². The van der Waals surface area contributed by atoms with E-state index < -0.39 is 0 Å². The molecule has 0 bridgehead atoms. The van der Waals surface area contributed by atoms with Gasteiger partial charge >= 0.3 is 0 Å². The average Bonchev–Trinajstić information content (AvgIpc) is 3.11. The van der Waals surface area contributed by atoms with Crippen LogP contribution in [0.15, 0.2) is 36.9 Å². The highest BCUT2D eigenvalue weighted by molar-refractivity contribution is 6.42. The molecule has 1 fully saturated rings. The quantitative estimate of drug-likeness (QED) is 0.834. The van der Waals surface area contributed by atoms with E-state index in [9.17, 15) is 4.79 Å². The number of aromatic nitrogens is 2. The van der Waals surface area contributed by atoms with Gasteiger partial charge in [-0.3, -0.25) is 14.6 Å². The smallest absolute Gasteiger partial charge is 0.238 e. The Balaban J connectivity index is 1.39. The number of halogens is 2. The molecule has 6 nitrogen and oxygen atoms in total. The van der Waals surface area contributed by atoms with Gasteiger partial charge in [0.25, 0.3) is 0 Å². The van der Waals surface area contributed by atoms with Gasteiger partial charge in [-0.25, -0.2) is 4.98 Å². The molecule has 0 aliphatic carbocycles. The van der Waals surface area contributed by atoms with Gasteiger partial charge < -0.3 is 9.88 Å². The lowest BCUT2D eigenvalue weighted by Gasteiger charge is -2.34. The highest BCUT2D eigenvalue weighted by atomic mass is 35.5. The second-order valence-electron chi connectivity index (χ2n) is 6.10. The van der Waals surface area contributed by atoms with Crippen LogP contribution in [0.3, 0.4) is 0 Å². The lowest BCUT2D eigenvalue weighted by Crippen LogP contribution is -2.49. The SMILES string of the molecule is O=C(CN1CCN(CCn2ccnc2)CC1)Nc1ccc(Cl)c(Cl)c1. The maximum absolute atomic E-state index is 12.2. The van der Waals surface area contributed by atoms with Crippen LogP contribution in [0.5, 0.6) is 0 Å². The standard InChI is InChI=1S/C17H21Cl2N5O/c18-15-2-1-14(11-16(15)19)21-17(25)12-23-8-5-22(6-9-23)7-10-24-4-3-20-13-24/h1-4,11,13H,5-10,12H2,(H,21,25). The molecule has 1 aliphatic heterocycles. The summed E-state index contributed by atoms with van der Waals surface area (Å²) in [5, 5.41) is 3.78. The molecule has 0 unspecified atom stereocenters.